The maximum Gasteiger partial charge on any atom is 0.255 e. The third-order valence-electron chi connectivity index (χ3n) is 2.75. The van der Waals surface area contributed by atoms with E-state index in [1.54, 1.807) is 7.11 Å². The fraction of sp³-hybridized carbons (Fsp3) is 0.389. The smallest absolute Gasteiger partial charge is 0.255 e. The largest absolute Gasteiger partial charge is 0.380 e. The number of hydrogen-bond donors (Lipinski definition) is 1. The van der Waals surface area contributed by atoms with Gasteiger partial charge in [-0.25, -0.2) is 0 Å². The van der Waals surface area contributed by atoms with Crippen LogP contribution in [0.2, 0.25) is 0 Å². The van der Waals surface area contributed by atoms with E-state index >= 15 is 0 Å². The molecule has 1 N–H and O–H groups in total. The van der Waals surface area contributed by atoms with Crippen molar-refractivity contribution in [2.75, 3.05) is 7.11 Å². The van der Waals surface area contributed by atoms with Crippen LogP contribution in [0.4, 0.5) is 0 Å². The first-order valence-electron chi connectivity index (χ1n) is 7.47. The molecule has 0 saturated heterocycles. The molecular weight excluding hydrogens is 262 g/mol. The fourth-order valence-electron chi connectivity index (χ4n) is 1.88. The highest BCUT2D eigenvalue weighted by Crippen LogP contribution is 2.10. The molecule has 1 aliphatic rings. The summed E-state index contributed by atoms with van der Waals surface area (Å²) in [5.41, 5.74) is 2.53. The number of methoxy groups -OCH3 is 1. The van der Waals surface area contributed by atoms with E-state index in [2.05, 4.69) is 25.2 Å². The van der Waals surface area contributed by atoms with Gasteiger partial charge in [0.1, 0.15) is 0 Å². The normalized spacial score (nSPS) is 13.0. The van der Waals surface area contributed by atoms with Gasteiger partial charge in [0.15, 0.2) is 0 Å². The van der Waals surface area contributed by atoms with Crippen molar-refractivity contribution in [1.82, 2.24) is 5.32 Å². The van der Waals surface area contributed by atoms with Crippen LogP contribution in [0.3, 0.4) is 0 Å². The Bertz CT molecular complexity index is 510. The average Bonchev–Trinajstić information content (AvgIpc) is 2.50. The molecule has 116 valence electrons. The van der Waals surface area contributed by atoms with Crippen LogP contribution >= 0.6 is 0 Å². The Morgan fingerprint density at radius 2 is 2.10 bits per heavy atom. The molecule has 0 spiro atoms. The molecule has 1 aromatic carbocycles. The number of carbonyl (C=O) groups is 1. The molecule has 0 aromatic heterocycles. The van der Waals surface area contributed by atoms with Crippen LogP contribution in [-0.4, -0.2) is 13.0 Å². The first kappa shape index (κ1) is 17.2. The Kier molecular flexibility index (Phi) is 8.14. The molecule has 0 unspecified atom stereocenters. The maximum atomic E-state index is 12.0. The van der Waals surface area contributed by atoms with Gasteiger partial charge in [-0.2, -0.15) is 0 Å². The van der Waals surface area contributed by atoms with E-state index in [1.165, 1.54) is 6.42 Å². The molecule has 3 heteroatoms. The fourth-order valence-corrected chi connectivity index (χ4v) is 1.88. The van der Waals surface area contributed by atoms with Crippen LogP contribution in [0.25, 0.3) is 0 Å². The molecule has 0 bridgehead atoms. The van der Waals surface area contributed by atoms with Crippen molar-refractivity contribution in [3.05, 3.63) is 59.3 Å². The lowest BCUT2D eigenvalue weighted by Crippen LogP contribution is -2.22. The van der Waals surface area contributed by atoms with Crippen molar-refractivity contribution in [1.29, 1.82) is 0 Å². The number of ether oxygens (including phenoxy) is 1. The van der Waals surface area contributed by atoms with E-state index in [0.717, 1.165) is 24.1 Å². The van der Waals surface area contributed by atoms with Crippen LogP contribution in [0, 0.1) is 0 Å². The van der Waals surface area contributed by atoms with E-state index in [0.29, 0.717) is 12.2 Å². The van der Waals surface area contributed by atoms with Gasteiger partial charge >= 0.3 is 0 Å². The summed E-state index contributed by atoms with van der Waals surface area (Å²) in [6.07, 6.45) is 9.33. The molecule has 1 aromatic rings. The highest BCUT2D eigenvalue weighted by atomic mass is 16.5. The summed E-state index contributed by atoms with van der Waals surface area (Å²) in [7, 11) is 1.64. The van der Waals surface area contributed by atoms with Crippen molar-refractivity contribution in [3.8, 4) is 0 Å². The third-order valence-corrected chi connectivity index (χ3v) is 2.75. The first-order valence-corrected chi connectivity index (χ1v) is 7.47. The summed E-state index contributed by atoms with van der Waals surface area (Å²) in [5.74, 6) is -0.0780. The summed E-state index contributed by atoms with van der Waals surface area (Å²) in [5, 5.41) is 2.90. The molecule has 0 aliphatic heterocycles. The van der Waals surface area contributed by atoms with Crippen LogP contribution < -0.4 is 5.32 Å². The van der Waals surface area contributed by atoms with Crippen LogP contribution in [0.15, 0.2) is 48.2 Å². The number of carbonyl (C=O) groups excluding carboxylic acids is 1. The van der Waals surface area contributed by atoms with Crippen molar-refractivity contribution in [2.24, 2.45) is 0 Å². The van der Waals surface area contributed by atoms with Crippen LogP contribution in [0.5, 0.6) is 0 Å². The molecule has 2 rings (SSSR count). The van der Waals surface area contributed by atoms with Gasteiger partial charge in [0, 0.05) is 19.8 Å². The molecule has 0 atom stereocenters. The second-order valence-corrected chi connectivity index (χ2v) is 4.93. The van der Waals surface area contributed by atoms with Crippen molar-refractivity contribution >= 4 is 5.91 Å². The minimum Gasteiger partial charge on any atom is -0.380 e. The van der Waals surface area contributed by atoms with E-state index < -0.39 is 0 Å². The van der Waals surface area contributed by atoms with Crippen molar-refractivity contribution in [3.63, 3.8) is 0 Å². The van der Waals surface area contributed by atoms with Gasteiger partial charge in [-0.15, -0.1) is 0 Å². The second-order valence-electron chi connectivity index (χ2n) is 4.93. The summed E-state index contributed by atoms with van der Waals surface area (Å²) in [6.45, 7) is 4.77. The van der Waals surface area contributed by atoms with E-state index in [4.69, 9.17) is 4.74 Å². The molecule has 21 heavy (non-hydrogen) atoms. The van der Waals surface area contributed by atoms with Gasteiger partial charge in [-0.1, -0.05) is 44.6 Å². The zero-order valence-electron chi connectivity index (χ0n) is 13.2. The molecule has 3 nitrogen and oxygen atoms in total. The molecule has 0 saturated carbocycles. The lowest BCUT2D eigenvalue weighted by atomic mass is 10.1. The lowest BCUT2D eigenvalue weighted by molar-refractivity contribution is 0.0966. The number of amides is 1. The standard InChI is InChI=1S/C15H17NO2.C3H8.H2/c1-18-11-12-6-5-7-13(10-12)15(17)16-14-8-3-2-4-9-14;1-3-2;/h3,5-10H,2,4,11H2,1H3,(H,16,17);3H2,1-2H3;1H. The minimum absolute atomic E-state index is 0. The average molecular weight is 289 g/mol. The summed E-state index contributed by atoms with van der Waals surface area (Å²) in [6, 6.07) is 7.47. The highest BCUT2D eigenvalue weighted by Gasteiger charge is 2.07. The first-order chi connectivity index (χ1) is 10.2. The Labute approximate surface area is 129 Å². The Hall–Kier alpha value is -1.87. The second kappa shape index (κ2) is 9.94. The zero-order valence-corrected chi connectivity index (χ0v) is 13.2. The van der Waals surface area contributed by atoms with Gasteiger partial charge < -0.3 is 10.1 Å². The Morgan fingerprint density at radius 1 is 1.33 bits per heavy atom. The number of hydrogen-bond acceptors (Lipinski definition) is 2. The summed E-state index contributed by atoms with van der Waals surface area (Å²) >= 11 is 0. The van der Waals surface area contributed by atoms with Gasteiger partial charge in [0.05, 0.1) is 6.61 Å². The van der Waals surface area contributed by atoms with Crippen molar-refractivity contribution < 1.29 is 11.0 Å². The quantitative estimate of drug-likeness (QED) is 0.888. The van der Waals surface area contributed by atoms with Gasteiger partial charge in [-0.3, -0.25) is 4.79 Å². The lowest BCUT2D eigenvalue weighted by Gasteiger charge is -2.10. The molecular formula is C18H27NO2. The molecule has 1 aliphatic carbocycles. The molecule has 0 radical (unpaired) electrons. The number of rotatable bonds is 4. The van der Waals surface area contributed by atoms with Crippen LogP contribution in [0.1, 0.15) is 50.5 Å². The van der Waals surface area contributed by atoms with Gasteiger partial charge in [0.2, 0.25) is 0 Å². The van der Waals surface area contributed by atoms with Crippen molar-refractivity contribution in [2.45, 2.75) is 39.7 Å². The number of allylic oxidation sites excluding steroid dienone is 3. The number of benzene rings is 1. The molecule has 1 amide bonds. The topological polar surface area (TPSA) is 38.3 Å². The Morgan fingerprint density at radius 3 is 2.71 bits per heavy atom. The van der Waals surface area contributed by atoms with Gasteiger partial charge in [-0.05, 0) is 36.6 Å². The maximum absolute atomic E-state index is 12.0. The molecule has 0 heterocycles. The highest BCUT2D eigenvalue weighted by molar-refractivity contribution is 5.95. The van der Waals surface area contributed by atoms with Gasteiger partial charge in [0.25, 0.3) is 5.91 Å². The predicted molar refractivity (Wildman–Crippen MR) is 89.2 cm³/mol. The monoisotopic (exact) mass is 289 g/mol. The summed E-state index contributed by atoms with van der Waals surface area (Å²) in [4.78, 5) is 12.0. The number of nitrogens with one attached hydrogen (secondary N) is 1. The minimum atomic E-state index is -0.0780. The van der Waals surface area contributed by atoms with E-state index in [-0.39, 0.29) is 7.33 Å². The third kappa shape index (κ3) is 6.41. The Balaban J connectivity index is 0.00000102. The zero-order chi connectivity index (χ0) is 15.5. The van der Waals surface area contributed by atoms with Crippen LogP contribution in [-0.2, 0) is 11.3 Å². The van der Waals surface area contributed by atoms with E-state index in [9.17, 15) is 4.79 Å². The summed E-state index contributed by atoms with van der Waals surface area (Å²) < 4.78 is 5.06. The SMILES string of the molecule is CCC.COCc1cccc(C(=O)NC2=CCCC=C2)c1.[HH]. The molecule has 0 fully saturated rings. The predicted octanol–water partition coefficient (Wildman–Crippen LogP) is 4.46. The van der Waals surface area contributed by atoms with E-state index in [1.807, 2.05) is 36.4 Å².